The standard InChI is InChI=1S/C12H13NO2/c1-9(8-13)12(14)15-10(2)11-6-4-3-5-7-11/h3-7,9-10H,1-2H3. The SMILES string of the molecule is CC(C#N)C(=O)OC(C)c1ccccc1. The normalized spacial score (nSPS) is 13.7. The summed E-state index contributed by atoms with van der Waals surface area (Å²) in [6.07, 6.45) is -0.311. The lowest BCUT2D eigenvalue weighted by Crippen LogP contribution is -2.15. The van der Waals surface area contributed by atoms with Crippen LogP contribution in [0.15, 0.2) is 30.3 Å². The molecule has 0 fully saturated rings. The minimum absolute atomic E-state index is 0.311. The summed E-state index contributed by atoms with van der Waals surface area (Å²) in [7, 11) is 0. The van der Waals surface area contributed by atoms with E-state index >= 15 is 0 Å². The average Bonchev–Trinajstić information content (AvgIpc) is 2.29. The molecule has 2 unspecified atom stereocenters. The highest BCUT2D eigenvalue weighted by Crippen LogP contribution is 2.17. The number of carbonyl (C=O) groups excluding carboxylic acids is 1. The van der Waals surface area contributed by atoms with Crippen molar-refractivity contribution < 1.29 is 9.53 Å². The fourth-order valence-electron chi connectivity index (χ4n) is 1.12. The fraction of sp³-hybridized carbons (Fsp3) is 0.333. The van der Waals surface area contributed by atoms with Gasteiger partial charge in [0, 0.05) is 0 Å². The van der Waals surface area contributed by atoms with Gasteiger partial charge in [0.1, 0.15) is 12.0 Å². The van der Waals surface area contributed by atoms with Gasteiger partial charge in [0.2, 0.25) is 0 Å². The van der Waals surface area contributed by atoms with Gasteiger partial charge < -0.3 is 4.74 Å². The van der Waals surface area contributed by atoms with Crippen LogP contribution in [-0.4, -0.2) is 5.97 Å². The second kappa shape index (κ2) is 5.16. The Kier molecular flexibility index (Phi) is 3.87. The van der Waals surface area contributed by atoms with Crippen molar-refractivity contribution in [2.45, 2.75) is 20.0 Å². The van der Waals surface area contributed by atoms with Crippen molar-refractivity contribution in [2.75, 3.05) is 0 Å². The number of hydrogen-bond acceptors (Lipinski definition) is 3. The summed E-state index contributed by atoms with van der Waals surface area (Å²) in [4.78, 5) is 11.3. The van der Waals surface area contributed by atoms with Gasteiger partial charge in [-0.1, -0.05) is 30.3 Å². The summed E-state index contributed by atoms with van der Waals surface area (Å²) in [5.41, 5.74) is 0.927. The second-order valence-corrected chi connectivity index (χ2v) is 3.34. The summed E-state index contributed by atoms with van der Waals surface area (Å²) in [6.45, 7) is 3.32. The van der Waals surface area contributed by atoms with Crippen LogP contribution in [0.5, 0.6) is 0 Å². The number of esters is 1. The van der Waals surface area contributed by atoms with E-state index in [2.05, 4.69) is 0 Å². The molecule has 1 aromatic rings. The molecular formula is C12H13NO2. The topological polar surface area (TPSA) is 50.1 Å². The van der Waals surface area contributed by atoms with E-state index in [0.29, 0.717) is 0 Å². The first-order chi connectivity index (χ1) is 7.15. The Morgan fingerprint density at radius 3 is 2.47 bits per heavy atom. The van der Waals surface area contributed by atoms with Crippen LogP contribution in [0.25, 0.3) is 0 Å². The summed E-state index contributed by atoms with van der Waals surface area (Å²) >= 11 is 0. The Morgan fingerprint density at radius 2 is 1.93 bits per heavy atom. The second-order valence-electron chi connectivity index (χ2n) is 3.34. The van der Waals surface area contributed by atoms with Crippen LogP contribution in [0, 0.1) is 17.2 Å². The van der Waals surface area contributed by atoms with Crippen molar-refractivity contribution in [3.8, 4) is 6.07 Å². The Labute approximate surface area is 89.3 Å². The fourth-order valence-corrected chi connectivity index (χ4v) is 1.12. The first kappa shape index (κ1) is 11.3. The van der Waals surface area contributed by atoms with E-state index in [0.717, 1.165) is 5.56 Å². The van der Waals surface area contributed by atoms with E-state index in [1.165, 1.54) is 6.92 Å². The lowest BCUT2D eigenvalue weighted by Gasteiger charge is -2.14. The quantitative estimate of drug-likeness (QED) is 0.709. The van der Waals surface area contributed by atoms with Gasteiger partial charge >= 0.3 is 5.97 Å². The zero-order chi connectivity index (χ0) is 11.3. The van der Waals surface area contributed by atoms with Crippen LogP contribution in [0.1, 0.15) is 25.5 Å². The van der Waals surface area contributed by atoms with Crippen molar-refractivity contribution in [2.24, 2.45) is 5.92 Å². The van der Waals surface area contributed by atoms with Gasteiger partial charge in [0.05, 0.1) is 6.07 Å². The van der Waals surface area contributed by atoms with Gasteiger partial charge in [0.15, 0.2) is 0 Å². The largest absolute Gasteiger partial charge is 0.457 e. The molecule has 0 aliphatic rings. The predicted octanol–water partition coefficient (Wildman–Crippen LogP) is 2.45. The third-order valence-corrected chi connectivity index (χ3v) is 2.11. The molecule has 0 bridgehead atoms. The van der Waals surface area contributed by atoms with Crippen LogP contribution in [0.4, 0.5) is 0 Å². The van der Waals surface area contributed by atoms with Crippen LogP contribution in [-0.2, 0) is 9.53 Å². The first-order valence-corrected chi connectivity index (χ1v) is 4.80. The van der Waals surface area contributed by atoms with Gasteiger partial charge in [-0.15, -0.1) is 0 Å². The summed E-state index contributed by atoms with van der Waals surface area (Å²) in [6, 6.07) is 11.3. The van der Waals surface area contributed by atoms with E-state index in [-0.39, 0.29) is 6.10 Å². The highest BCUT2D eigenvalue weighted by molar-refractivity contribution is 5.74. The van der Waals surface area contributed by atoms with Gasteiger partial charge in [0.25, 0.3) is 0 Å². The van der Waals surface area contributed by atoms with Crippen LogP contribution < -0.4 is 0 Å². The molecule has 0 aliphatic carbocycles. The summed E-state index contributed by atoms with van der Waals surface area (Å²) in [5.74, 6) is -1.19. The molecule has 2 atom stereocenters. The van der Waals surface area contributed by atoms with E-state index in [4.69, 9.17) is 10.00 Å². The van der Waals surface area contributed by atoms with E-state index in [1.54, 1.807) is 6.92 Å². The third kappa shape index (κ3) is 3.10. The van der Waals surface area contributed by atoms with Gasteiger partial charge in [-0.25, -0.2) is 0 Å². The number of ether oxygens (including phenoxy) is 1. The molecule has 0 radical (unpaired) electrons. The van der Waals surface area contributed by atoms with Gasteiger partial charge in [-0.05, 0) is 19.4 Å². The molecule has 0 aliphatic heterocycles. The highest BCUT2D eigenvalue weighted by Gasteiger charge is 2.17. The monoisotopic (exact) mass is 203 g/mol. The molecule has 0 N–H and O–H groups in total. The van der Waals surface area contributed by atoms with Crippen molar-refractivity contribution in [3.05, 3.63) is 35.9 Å². The number of hydrogen-bond donors (Lipinski definition) is 0. The first-order valence-electron chi connectivity index (χ1n) is 4.80. The molecule has 0 saturated heterocycles. The predicted molar refractivity (Wildman–Crippen MR) is 55.7 cm³/mol. The minimum atomic E-state index is -0.712. The summed E-state index contributed by atoms with van der Waals surface area (Å²) < 4.78 is 5.13. The molecule has 3 heteroatoms. The van der Waals surface area contributed by atoms with Crippen molar-refractivity contribution in [1.82, 2.24) is 0 Å². The van der Waals surface area contributed by atoms with E-state index < -0.39 is 11.9 Å². The summed E-state index contributed by atoms with van der Waals surface area (Å²) in [5, 5.41) is 8.54. The molecular weight excluding hydrogens is 190 g/mol. The van der Waals surface area contributed by atoms with E-state index in [9.17, 15) is 4.79 Å². The molecule has 0 spiro atoms. The molecule has 0 heterocycles. The molecule has 1 aromatic carbocycles. The smallest absolute Gasteiger partial charge is 0.323 e. The number of benzene rings is 1. The van der Waals surface area contributed by atoms with Crippen LogP contribution in [0.3, 0.4) is 0 Å². The number of carbonyl (C=O) groups is 1. The van der Waals surface area contributed by atoms with Gasteiger partial charge in [-0.2, -0.15) is 5.26 Å². The zero-order valence-electron chi connectivity index (χ0n) is 8.81. The number of nitrogens with zero attached hydrogens (tertiary/aromatic N) is 1. The Hall–Kier alpha value is -1.82. The maximum absolute atomic E-state index is 11.3. The van der Waals surface area contributed by atoms with Gasteiger partial charge in [-0.3, -0.25) is 4.79 Å². The van der Waals surface area contributed by atoms with E-state index in [1.807, 2.05) is 36.4 Å². The van der Waals surface area contributed by atoms with Crippen molar-refractivity contribution >= 4 is 5.97 Å². The van der Waals surface area contributed by atoms with Crippen LogP contribution in [0.2, 0.25) is 0 Å². The maximum Gasteiger partial charge on any atom is 0.323 e. The molecule has 3 nitrogen and oxygen atoms in total. The number of rotatable bonds is 3. The lowest BCUT2D eigenvalue weighted by atomic mass is 10.1. The molecule has 1 rings (SSSR count). The number of nitriles is 1. The van der Waals surface area contributed by atoms with Crippen molar-refractivity contribution in [3.63, 3.8) is 0 Å². The highest BCUT2D eigenvalue weighted by atomic mass is 16.5. The zero-order valence-corrected chi connectivity index (χ0v) is 8.81. The molecule has 0 saturated carbocycles. The molecule has 78 valence electrons. The lowest BCUT2D eigenvalue weighted by molar-refractivity contribution is -0.151. The van der Waals surface area contributed by atoms with Crippen LogP contribution >= 0.6 is 0 Å². The Morgan fingerprint density at radius 1 is 1.33 bits per heavy atom. The minimum Gasteiger partial charge on any atom is -0.457 e. The van der Waals surface area contributed by atoms with Crippen molar-refractivity contribution in [1.29, 1.82) is 5.26 Å². The maximum atomic E-state index is 11.3. The average molecular weight is 203 g/mol. The Balaban J connectivity index is 2.61. The third-order valence-electron chi connectivity index (χ3n) is 2.11. The molecule has 15 heavy (non-hydrogen) atoms. The molecule has 0 amide bonds. The Bertz CT molecular complexity index is 367. The molecule has 0 aromatic heterocycles.